The summed E-state index contributed by atoms with van der Waals surface area (Å²) < 4.78 is 0. The van der Waals surface area contributed by atoms with Crippen molar-refractivity contribution < 1.29 is 5.11 Å². The average Bonchev–Trinajstić information content (AvgIpc) is 2.18. The minimum Gasteiger partial charge on any atom is -0.380 e. The van der Waals surface area contributed by atoms with Crippen molar-refractivity contribution in [2.45, 2.75) is 19.4 Å². The summed E-state index contributed by atoms with van der Waals surface area (Å²) in [6.07, 6.45) is 0. The van der Waals surface area contributed by atoms with Crippen LogP contribution in [0.5, 0.6) is 0 Å². The van der Waals surface area contributed by atoms with Crippen molar-refractivity contribution in [3.8, 4) is 0 Å². The summed E-state index contributed by atoms with van der Waals surface area (Å²) in [7, 11) is 0. The van der Waals surface area contributed by atoms with Gasteiger partial charge in [0.05, 0.1) is 0 Å². The van der Waals surface area contributed by atoms with Crippen LogP contribution >= 0.6 is 0 Å². The monoisotopic (exact) mass is 174 g/mol. The van der Waals surface area contributed by atoms with Crippen molar-refractivity contribution in [3.05, 3.63) is 53.8 Å². The molecule has 0 aliphatic rings. The first-order valence-electron chi connectivity index (χ1n) is 4.24. The molecule has 0 aromatic heterocycles. The first-order chi connectivity index (χ1) is 6.09. The van der Waals surface area contributed by atoms with Crippen molar-refractivity contribution in [2.75, 3.05) is 0 Å². The Morgan fingerprint density at radius 3 is 2.38 bits per heavy atom. The Balaban J connectivity index is 3.15. The van der Waals surface area contributed by atoms with Crippen LogP contribution in [-0.4, -0.2) is 5.11 Å². The van der Waals surface area contributed by atoms with E-state index in [9.17, 15) is 5.11 Å². The molecule has 0 saturated heterocycles. The summed E-state index contributed by atoms with van der Waals surface area (Å²) in [5.74, 6) is 0. The number of rotatable bonds is 2. The lowest BCUT2D eigenvalue weighted by molar-refractivity contribution is 0.0978. The molecule has 1 heteroatoms. The van der Waals surface area contributed by atoms with Gasteiger partial charge in [-0.3, -0.25) is 0 Å². The third-order valence-corrected chi connectivity index (χ3v) is 2.33. The van der Waals surface area contributed by atoms with Crippen LogP contribution in [0.4, 0.5) is 0 Å². The van der Waals surface area contributed by atoms with Gasteiger partial charge in [-0.1, -0.05) is 36.9 Å². The van der Waals surface area contributed by atoms with E-state index in [-0.39, 0.29) is 0 Å². The van der Waals surface area contributed by atoms with Crippen LogP contribution in [0.15, 0.2) is 48.2 Å². The van der Waals surface area contributed by atoms with E-state index >= 15 is 0 Å². The van der Waals surface area contributed by atoms with Crippen molar-refractivity contribution in [1.29, 1.82) is 0 Å². The van der Waals surface area contributed by atoms with E-state index in [4.69, 9.17) is 0 Å². The number of hydrogen-bond acceptors (Lipinski definition) is 1. The standard InChI is InChI=1S/C12H14O/c1-4-10(2)12(3,13)11-8-6-5-7-9-11/h5-9,13H,1H2,2-3H3. The molecular formula is C12H14O. The predicted octanol–water partition coefficient (Wildman–Crippen LogP) is 2.63. The Morgan fingerprint density at radius 1 is 1.38 bits per heavy atom. The zero-order valence-corrected chi connectivity index (χ0v) is 8.04. The third-order valence-electron chi connectivity index (χ3n) is 2.33. The Hall–Kier alpha value is -1.30. The second-order valence-corrected chi connectivity index (χ2v) is 3.24. The highest BCUT2D eigenvalue weighted by Gasteiger charge is 2.24. The Labute approximate surface area is 79.0 Å². The summed E-state index contributed by atoms with van der Waals surface area (Å²) >= 11 is 0. The molecule has 1 unspecified atom stereocenters. The lowest BCUT2D eigenvalue weighted by Gasteiger charge is -2.23. The Morgan fingerprint density at radius 2 is 1.92 bits per heavy atom. The van der Waals surface area contributed by atoms with E-state index in [1.807, 2.05) is 37.3 Å². The predicted molar refractivity (Wildman–Crippen MR) is 54.3 cm³/mol. The molecule has 0 spiro atoms. The van der Waals surface area contributed by atoms with Gasteiger partial charge in [-0.2, -0.15) is 0 Å². The lowest BCUT2D eigenvalue weighted by Crippen LogP contribution is -2.21. The summed E-state index contributed by atoms with van der Waals surface area (Å²) in [4.78, 5) is 0. The summed E-state index contributed by atoms with van der Waals surface area (Å²) in [6.45, 7) is 7.10. The van der Waals surface area contributed by atoms with Crippen LogP contribution in [0.2, 0.25) is 0 Å². The minimum absolute atomic E-state index is 0.735. The largest absolute Gasteiger partial charge is 0.380 e. The molecule has 0 heterocycles. The van der Waals surface area contributed by atoms with Crippen LogP contribution in [0.25, 0.3) is 0 Å². The summed E-state index contributed by atoms with van der Waals surface area (Å²) in [6, 6.07) is 9.51. The van der Waals surface area contributed by atoms with Crippen LogP contribution in [0.1, 0.15) is 19.4 Å². The van der Waals surface area contributed by atoms with Gasteiger partial charge in [-0.05, 0) is 19.4 Å². The smallest absolute Gasteiger partial charge is 0.115 e. The second-order valence-electron chi connectivity index (χ2n) is 3.24. The van der Waals surface area contributed by atoms with Crippen molar-refractivity contribution in [3.63, 3.8) is 0 Å². The fourth-order valence-electron chi connectivity index (χ4n) is 1.15. The molecule has 13 heavy (non-hydrogen) atoms. The minimum atomic E-state index is -0.955. The Bertz CT molecular complexity index is 329. The van der Waals surface area contributed by atoms with Gasteiger partial charge in [0.25, 0.3) is 0 Å². The third kappa shape index (κ3) is 1.89. The molecule has 0 radical (unpaired) electrons. The van der Waals surface area contributed by atoms with E-state index in [0.717, 1.165) is 11.1 Å². The molecule has 68 valence electrons. The van der Waals surface area contributed by atoms with E-state index < -0.39 is 5.60 Å². The molecule has 0 saturated carbocycles. The molecule has 1 aromatic rings. The number of benzene rings is 1. The number of hydrogen-bond donors (Lipinski definition) is 1. The lowest BCUT2D eigenvalue weighted by atomic mass is 9.89. The van der Waals surface area contributed by atoms with Gasteiger partial charge in [0, 0.05) is 5.57 Å². The molecule has 0 amide bonds. The summed E-state index contributed by atoms with van der Waals surface area (Å²) in [5.41, 5.74) is 3.36. The highest BCUT2D eigenvalue weighted by Crippen LogP contribution is 2.27. The van der Waals surface area contributed by atoms with Gasteiger partial charge in [-0.15, -0.1) is 5.73 Å². The molecule has 1 N–H and O–H groups in total. The van der Waals surface area contributed by atoms with Crippen LogP contribution in [0, 0.1) is 0 Å². The van der Waals surface area contributed by atoms with Gasteiger partial charge in [0.2, 0.25) is 0 Å². The van der Waals surface area contributed by atoms with Gasteiger partial charge in [0.1, 0.15) is 5.60 Å². The van der Waals surface area contributed by atoms with Crippen molar-refractivity contribution in [2.24, 2.45) is 0 Å². The average molecular weight is 174 g/mol. The zero-order chi connectivity index (χ0) is 9.90. The van der Waals surface area contributed by atoms with Crippen molar-refractivity contribution in [1.82, 2.24) is 0 Å². The fraction of sp³-hybridized carbons (Fsp3) is 0.250. The second kappa shape index (κ2) is 3.61. The molecule has 0 aliphatic heterocycles. The molecular weight excluding hydrogens is 160 g/mol. The van der Waals surface area contributed by atoms with E-state index in [1.54, 1.807) is 6.92 Å². The quantitative estimate of drug-likeness (QED) is 0.683. The van der Waals surface area contributed by atoms with Crippen LogP contribution in [0.3, 0.4) is 0 Å². The van der Waals surface area contributed by atoms with Crippen molar-refractivity contribution >= 4 is 0 Å². The highest BCUT2D eigenvalue weighted by molar-refractivity contribution is 5.30. The molecule has 0 aliphatic carbocycles. The van der Waals surface area contributed by atoms with Gasteiger partial charge < -0.3 is 5.11 Å². The van der Waals surface area contributed by atoms with E-state index in [0.29, 0.717) is 0 Å². The van der Waals surface area contributed by atoms with Crippen LogP contribution in [-0.2, 0) is 5.60 Å². The maximum Gasteiger partial charge on any atom is 0.115 e. The molecule has 0 bridgehead atoms. The first-order valence-corrected chi connectivity index (χ1v) is 4.24. The maximum absolute atomic E-state index is 10.1. The SMILES string of the molecule is C=C=C(C)C(C)(O)c1ccccc1. The molecule has 1 rings (SSSR count). The van der Waals surface area contributed by atoms with Gasteiger partial charge in [-0.25, -0.2) is 0 Å². The topological polar surface area (TPSA) is 20.2 Å². The molecule has 1 atom stereocenters. The fourth-order valence-corrected chi connectivity index (χ4v) is 1.15. The normalized spacial score (nSPS) is 14.4. The zero-order valence-electron chi connectivity index (χ0n) is 8.04. The summed E-state index contributed by atoms with van der Waals surface area (Å²) in [5, 5.41) is 10.1. The highest BCUT2D eigenvalue weighted by atomic mass is 16.3. The molecule has 1 nitrogen and oxygen atoms in total. The van der Waals surface area contributed by atoms with Gasteiger partial charge >= 0.3 is 0 Å². The van der Waals surface area contributed by atoms with Gasteiger partial charge in [0.15, 0.2) is 0 Å². The maximum atomic E-state index is 10.1. The molecule has 1 aromatic carbocycles. The first kappa shape index (κ1) is 9.79. The van der Waals surface area contributed by atoms with E-state index in [1.165, 1.54) is 0 Å². The van der Waals surface area contributed by atoms with Crippen LogP contribution < -0.4 is 0 Å². The Kier molecular flexibility index (Phi) is 2.72. The van der Waals surface area contributed by atoms with E-state index in [2.05, 4.69) is 12.3 Å². The number of aliphatic hydroxyl groups is 1. The molecule has 0 fully saturated rings.